The second-order valence-corrected chi connectivity index (χ2v) is 4.98. The summed E-state index contributed by atoms with van der Waals surface area (Å²) in [6.07, 6.45) is 0. The molecule has 0 aromatic heterocycles. The predicted octanol–water partition coefficient (Wildman–Crippen LogP) is 2.13. The number of amides is 2. The number of carbonyl (C=O) groups excluding carboxylic acids is 2. The Balaban J connectivity index is 2.61. The highest BCUT2D eigenvalue weighted by Gasteiger charge is 2.37. The third-order valence-electron chi connectivity index (χ3n) is 3.69. The van der Waals surface area contributed by atoms with Crippen molar-refractivity contribution in [2.24, 2.45) is 0 Å². The van der Waals surface area contributed by atoms with Gasteiger partial charge in [-0.1, -0.05) is 12.1 Å². The molecule has 1 unspecified atom stereocenters. The number of hydrogen-bond acceptors (Lipinski definition) is 5. The van der Waals surface area contributed by atoms with Crippen LogP contribution in [0.2, 0.25) is 0 Å². The Bertz CT molecular complexity index is 698. The Labute approximate surface area is 132 Å². The summed E-state index contributed by atoms with van der Waals surface area (Å²) in [7, 11) is 1.51. The van der Waals surface area contributed by atoms with Crippen molar-refractivity contribution in [3.8, 4) is 0 Å². The Morgan fingerprint density at radius 2 is 2.09 bits per heavy atom. The number of esters is 1. The quantitative estimate of drug-likeness (QED) is 0.520. The van der Waals surface area contributed by atoms with Crippen LogP contribution < -0.4 is 5.32 Å². The van der Waals surface area contributed by atoms with Crippen LogP contribution in [-0.2, 0) is 9.53 Å². The molecular formula is C15H17N3O5. The van der Waals surface area contributed by atoms with Gasteiger partial charge in [-0.3, -0.25) is 10.1 Å². The minimum atomic E-state index is -0.931. The molecule has 0 radical (unpaired) electrons. The molecule has 0 saturated heterocycles. The Hall–Kier alpha value is -2.90. The summed E-state index contributed by atoms with van der Waals surface area (Å²) in [5.41, 5.74) is 0.650. The van der Waals surface area contributed by atoms with E-state index >= 15 is 0 Å². The van der Waals surface area contributed by atoms with Gasteiger partial charge >= 0.3 is 12.0 Å². The fraction of sp³-hybridized carbons (Fsp3) is 0.333. The summed E-state index contributed by atoms with van der Waals surface area (Å²) in [5.74, 6) is -0.611. The highest BCUT2D eigenvalue weighted by Crippen LogP contribution is 2.35. The zero-order valence-corrected chi connectivity index (χ0v) is 13.0. The van der Waals surface area contributed by atoms with Gasteiger partial charge in [0.05, 0.1) is 28.7 Å². The summed E-state index contributed by atoms with van der Waals surface area (Å²) in [6.45, 7) is 3.43. The van der Waals surface area contributed by atoms with Crippen LogP contribution in [0.4, 0.5) is 10.5 Å². The van der Waals surface area contributed by atoms with Gasteiger partial charge in [-0.05, 0) is 19.9 Å². The molecule has 0 fully saturated rings. The lowest BCUT2D eigenvalue weighted by Crippen LogP contribution is -2.46. The number of hydrogen-bond donors (Lipinski definition) is 1. The minimum Gasteiger partial charge on any atom is -0.463 e. The number of nitro benzene ring substituents is 1. The number of carbonyl (C=O) groups is 2. The first-order valence-corrected chi connectivity index (χ1v) is 7.03. The zero-order chi connectivity index (χ0) is 17.1. The molecule has 0 aliphatic carbocycles. The SMILES string of the molecule is CCOC(=O)C1=C(C)N(C)C(=O)NC1c1ccccc1[N+](=O)[O-]. The van der Waals surface area contributed by atoms with Crippen molar-refractivity contribution in [1.29, 1.82) is 0 Å². The lowest BCUT2D eigenvalue weighted by molar-refractivity contribution is -0.385. The summed E-state index contributed by atoms with van der Waals surface area (Å²) in [6, 6.07) is 4.61. The summed E-state index contributed by atoms with van der Waals surface area (Å²) in [5, 5.41) is 13.9. The lowest BCUT2D eigenvalue weighted by atomic mass is 9.94. The number of para-hydroxylation sites is 1. The van der Waals surface area contributed by atoms with Crippen molar-refractivity contribution >= 4 is 17.7 Å². The molecule has 8 heteroatoms. The number of benzene rings is 1. The van der Waals surface area contributed by atoms with Gasteiger partial charge in [0.15, 0.2) is 0 Å². The number of allylic oxidation sites excluding steroid dienone is 1. The maximum Gasteiger partial charge on any atom is 0.338 e. The maximum absolute atomic E-state index is 12.3. The molecule has 1 atom stereocenters. The van der Waals surface area contributed by atoms with E-state index in [-0.39, 0.29) is 23.4 Å². The van der Waals surface area contributed by atoms with E-state index in [2.05, 4.69) is 5.32 Å². The van der Waals surface area contributed by atoms with Crippen molar-refractivity contribution in [2.45, 2.75) is 19.9 Å². The second-order valence-electron chi connectivity index (χ2n) is 4.98. The Kier molecular flexibility index (Phi) is 4.63. The average Bonchev–Trinajstić information content (AvgIpc) is 2.52. The van der Waals surface area contributed by atoms with Gasteiger partial charge in [-0.25, -0.2) is 9.59 Å². The van der Waals surface area contributed by atoms with E-state index in [4.69, 9.17) is 4.74 Å². The molecule has 1 aromatic rings. The number of nitro groups is 1. The van der Waals surface area contributed by atoms with E-state index in [1.807, 2.05) is 0 Å². The molecule has 1 N–H and O–H groups in total. The standard InChI is InChI=1S/C15H17N3O5/c1-4-23-14(19)12-9(2)17(3)15(20)16-13(12)10-7-5-6-8-11(10)18(21)22/h5-8,13H,4H2,1-3H3,(H,16,20). The topological polar surface area (TPSA) is 102 Å². The number of nitrogens with zero attached hydrogens (tertiary/aromatic N) is 2. The molecule has 1 aliphatic rings. The van der Waals surface area contributed by atoms with Crippen LogP contribution in [0.5, 0.6) is 0 Å². The summed E-state index contributed by atoms with van der Waals surface area (Å²) < 4.78 is 5.04. The van der Waals surface area contributed by atoms with Crippen LogP contribution in [0.15, 0.2) is 35.5 Å². The van der Waals surface area contributed by atoms with Crippen molar-refractivity contribution in [1.82, 2.24) is 10.2 Å². The first kappa shape index (κ1) is 16.5. The van der Waals surface area contributed by atoms with Gasteiger partial charge in [0.2, 0.25) is 0 Å². The van der Waals surface area contributed by atoms with Gasteiger partial charge in [-0.2, -0.15) is 0 Å². The van der Waals surface area contributed by atoms with Crippen molar-refractivity contribution in [3.05, 3.63) is 51.2 Å². The summed E-state index contributed by atoms with van der Waals surface area (Å²) in [4.78, 5) is 36.3. The smallest absolute Gasteiger partial charge is 0.338 e. The molecule has 0 bridgehead atoms. The lowest BCUT2D eigenvalue weighted by Gasteiger charge is -2.32. The third-order valence-corrected chi connectivity index (χ3v) is 3.69. The summed E-state index contributed by atoms with van der Waals surface area (Å²) >= 11 is 0. The molecular weight excluding hydrogens is 302 g/mol. The van der Waals surface area contributed by atoms with Crippen molar-refractivity contribution in [2.75, 3.05) is 13.7 Å². The molecule has 2 rings (SSSR count). The van der Waals surface area contributed by atoms with Crippen LogP contribution >= 0.6 is 0 Å². The van der Waals surface area contributed by atoms with Gasteiger partial charge in [-0.15, -0.1) is 0 Å². The number of urea groups is 1. The first-order chi connectivity index (χ1) is 10.9. The van der Waals surface area contributed by atoms with Crippen molar-refractivity contribution < 1.29 is 19.2 Å². The molecule has 1 aromatic carbocycles. The fourth-order valence-electron chi connectivity index (χ4n) is 2.44. The highest BCUT2D eigenvalue weighted by atomic mass is 16.6. The largest absolute Gasteiger partial charge is 0.463 e. The van der Waals surface area contributed by atoms with Crippen LogP contribution in [0.25, 0.3) is 0 Å². The molecule has 8 nitrogen and oxygen atoms in total. The van der Waals surface area contributed by atoms with E-state index in [1.54, 1.807) is 19.9 Å². The third kappa shape index (κ3) is 3.01. The minimum absolute atomic E-state index is 0.164. The van der Waals surface area contributed by atoms with E-state index in [9.17, 15) is 19.7 Å². The zero-order valence-electron chi connectivity index (χ0n) is 13.0. The van der Waals surface area contributed by atoms with Crippen LogP contribution in [0.1, 0.15) is 25.5 Å². The Morgan fingerprint density at radius 3 is 2.70 bits per heavy atom. The van der Waals surface area contributed by atoms with E-state index < -0.39 is 23.0 Å². The van der Waals surface area contributed by atoms with E-state index in [0.29, 0.717) is 5.70 Å². The van der Waals surface area contributed by atoms with Crippen LogP contribution in [0, 0.1) is 10.1 Å². The average molecular weight is 319 g/mol. The Morgan fingerprint density at radius 1 is 1.43 bits per heavy atom. The monoisotopic (exact) mass is 319 g/mol. The molecule has 23 heavy (non-hydrogen) atoms. The maximum atomic E-state index is 12.3. The molecule has 122 valence electrons. The van der Waals surface area contributed by atoms with E-state index in [1.165, 1.54) is 30.1 Å². The van der Waals surface area contributed by atoms with Gasteiger partial charge < -0.3 is 15.0 Å². The van der Waals surface area contributed by atoms with E-state index in [0.717, 1.165) is 0 Å². The van der Waals surface area contributed by atoms with Gasteiger partial charge in [0.1, 0.15) is 0 Å². The number of nitrogens with one attached hydrogen (secondary N) is 1. The normalized spacial score (nSPS) is 17.8. The number of rotatable bonds is 4. The molecule has 1 aliphatic heterocycles. The van der Waals surface area contributed by atoms with Gasteiger partial charge in [0.25, 0.3) is 5.69 Å². The molecule has 2 amide bonds. The van der Waals surface area contributed by atoms with Gasteiger partial charge in [0, 0.05) is 18.8 Å². The number of ether oxygens (including phenoxy) is 1. The molecule has 0 spiro atoms. The second kappa shape index (κ2) is 6.47. The predicted molar refractivity (Wildman–Crippen MR) is 81.5 cm³/mol. The highest BCUT2D eigenvalue weighted by molar-refractivity contribution is 5.95. The molecule has 1 heterocycles. The van der Waals surface area contributed by atoms with Crippen molar-refractivity contribution in [3.63, 3.8) is 0 Å². The van der Waals surface area contributed by atoms with Crippen LogP contribution in [-0.4, -0.2) is 35.5 Å². The molecule has 0 saturated carbocycles. The fourth-order valence-corrected chi connectivity index (χ4v) is 2.44. The first-order valence-electron chi connectivity index (χ1n) is 7.03. The van der Waals surface area contributed by atoms with Crippen LogP contribution in [0.3, 0.4) is 0 Å².